The van der Waals surface area contributed by atoms with Gasteiger partial charge in [-0.1, -0.05) is 30.3 Å². The average molecular weight is 496 g/mol. The van der Waals surface area contributed by atoms with E-state index in [2.05, 4.69) is 15.3 Å². The van der Waals surface area contributed by atoms with E-state index in [4.69, 9.17) is 10.7 Å². The molecule has 0 aliphatic carbocycles. The van der Waals surface area contributed by atoms with Gasteiger partial charge in [0.25, 0.3) is 5.91 Å². The summed E-state index contributed by atoms with van der Waals surface area (Å²) in [7, 11) is 0. The number of likely N-dealkylation sites (tertiary alicyclic amines) is 1. The minimum Gasteiger partial charge on any atom is -0.382 e. The number of Topliss-reactive ketones (excluding diaryl/α,β-unsaturated/α-hetero) is 1. The van der Waals surface area contributed by atoms with Crippen LogP contribution in [-0.4, -0.2) is 44.6 Å². The molecule has 1 saturated heterocycles. The quantitative estimate of drug-likeness (QED) is 0.426. The lowest BCUT2D eigenvalue weighted by Crippen LogP contribution is -2.30. The summed E-state index contributed by atoms with van der Waals surface area (Å²) in [5, 5.41) is 13.1. The number of carbonyl (C=O) groups excluding carboxylic acids is 2. The van der Waals surface area contributed by atoms with Gasteiger partial charge in [-0.15, -0.1) is 0 Å². The monoisotopic (exact) mass is 495 g/mol. The van der Waals surface area contributed by atoms with Crippen molar-refractivity contribution in [2.45, 2.75) is 19.4 Å². The molecule has 0 saturated carbocycles. The van der Waals surface area contributed by atoms with Crippen molar-refractivity contribution < 1.29 is 14.0 Å². The van der Waals surface area contributed by atoms with Gasteiger partial charge >= 0.3 is 0 Å². The number of amides is 1. The minimum absolute atomic E-state index is 0.00106. The van der Waals surface area contributed by atoms with Crippen LogP contribution in [0.3, 0.4) is 0 Å². The molecule has 1 aliphatic heterocycles. The SMILES string of the molecule is CC(Nc1ncnc(N)c1C#N)c1nc2ccc(F)cc2c(C(=O)N2CCC(=O)C2)c1-c1ccccc1. The van der Waals surface area contributed by atoms with Crippen LogP contribution >= 0.6 is 0 Å². The minimum atomic E-state index is -0.558. The summed E-state index contributed by atoms with van der Waals surface area (Å²) in [5.41, 5.74) is 8.31. The van der Waals surface area contributed by atoms with E-state index in [-0.39, 0.29) is 47.4 Å². The smallest absolute Gasteiger partial charge is 0.255 e. The number of fused-ring (bicyclic) bond motifs is 1. The van der Waals surface area contributed by atoms with E-state index in [1.807, 2.05) is 43.3 Å². The zero-order valence-electron chi connectivity index (χ0n) is 19.9. The lowest BCUT2D eigenvalue weighted by atomic mass is 9.91. The molecule has 0 spiro atoms. The highest BCUT2D eigenvalue weighted by molar-refractivity contribution is 6.13. The summed E-state index contributed by atoms with van der Waals surface area (Å²) in [6.45, 7) is 2.11. The average Bonchev–Trinajstić information content (AvgIpc) is 3.34. The van der Waals surface area contributed by atoms with Crippen molar-refractivity contribution in [2.24, 2.45) is 0 Å². The predicted octanol–water partition coefficient (Wildman–Crippen LogP) is 3.87. The van der Waals surface area contributed by atoms with Gasteiger partial charge in [0.2, 0.25) is 0 Å². The molecule has 4 aromatic rings. The van der Waals surface area contributed by atoms with E-state index in [9.17, 15) is 19.2 Å². The maximum Gasteiger partial charge on any atom is 0.255 e. The molecule has 1 unspecified atom stereocenters. The van der Waals surface area contributed by atoms with Gasteiger partial charge in [0.05, 0.1) is 29.4 Å². The van der Waals surface area contributed by atoms with E-state index in [0.29, 0.717) is 34.3 Å². The maximum absolute atomic E-state index is 14.4. The second-order valence-corrected chi connectivity index (χ2v) is 8.75. The molecule has 184 valence electrons. The summed E-state index contributed by atoms with van der Waals surface area (Å²) in [4.78, 5) is 40.3. The fraction of sp³-hybridized carbons (Fsp3) is 0.185. The summed E-state index contributed by atoms with van der Waals surface area (Å²) >= 11 is 0. The van der Waals surface area contributed by atoms with Gasteiger partial charge in [0.15, 0.2) is 5.78 Å². The van der Waals surface area contributed by atoms with Gasteiger partial charge in [0.1, 0.15) is 35.4 Å². The number of halogens is 1. The van der Waals surface area contributed by atoms with Crippen LogP contribution in [0.15, 0.2) is 54.9 Å². The van der Waals surface area contributed by atoms with Crippen molar-refractivity contribution in [3.8, 4) is 17.2 Å². The van der Waals surface area contributed by atoms with Crippen molar-refractivity contribution in [2.75, 3.05) is 24.1 Å². The normalized spacial score (nSPS) is 14.0. The molecule has 1 atom stereocenters. The number of nitrogens with two attached hydrogens (primary N) is 1. The number of aromatic nitrogens is 3. The van der Waals surface area contributed by atoms with Crippen molar-refractivity contribution in [3.63, 3.8) is 0 Å². The van der Waals surface area contributed by atoms with E-state index in [1.54, 1.807) is 0 Å². The molecule has 1 fully saturated rings. The molecule has 37 heavy (non-hydrogen) atoms. The molecule has 0 bridgehead atoms. The van der Waals surface area contributed by atoms with Gasteiger partial charge in [-0.2, -0.15) is 5.26 Å². The summed E-state index contributed by atoms with van der Waals surface area (Å²) in [6.07, 6.45) is 1.53. The molecule has 9 nitrogen and oxygen atoms in total. The van der Waals surface area contributed by atoms with Crippen LogP contribution in [-0.2, 0) is 4.79 Å². The Bertz CT molecular complexity index is 1580. The molecule has 1 aliphatic rings. The first-order valence-corrected chi connectivity index (χ1v) is 11.6. The highest BCUT2D eigenvalue weighted by Crippen LogP contribution is 2.37. The number of pyridine rings is 1. The van der Waals surface area contributed by atoms with Crippen LogP contribution in [0.25, 0.3) is 22.0 Å². The molecule has 2 aromatic heterocycles. The van der Waals surface area contributed by atoms with Gasteiger partial charge in [-0.3, -0.25) is 9.59 Å². The lowest BCUT2D eigenvalue weighted by Gasteiger charge is -2.24. The van der Waals surface area contributed by atoms with Crippen LogP contribution < -0.4 is 11.1 Å². The first-order chi connectivity index (χ1) is 17.9. The number of anilines is 2. The van der Waals surface area contributed by atoms with Crippen LogP contribution in [0.4, 0.5) is 16.0 Å². The van der Waals surface area contributed by atoms with E-state index >= 15 is 0 Å². The predicted molar refractivity (Wildman–Crippen MR) is 136 cm³/mol. The van der Waals surface area contributed by atoms with E-state index in [0.717, 1.165) is 0 Å². The number of benzene rings is 2. The Morgan fingerprint density at radius 1 is 1.22 bits per heavy atom. The van der Waals surface area contributed by atoms with E-state index in [1.165, 1.54) is 29.4 Å². The Balaban J connectivity index is 1.76. The fourth-order valence-corrected chi connectivity index (χ4v) is 4.54. The van der Waals surface area contributed by atoms with Crippen molar-refractivity contribution >= 4 is 34.2 Å². The summed E-state index contributed by atoms with van der Waals surface area (Å²) < 4.78 is 14.4. The van der Waals surface area contributed by atoms with Crippen molar-refractivity contribution in [1.29, 1.82) is 5.26 Å². The molecular formula is C27H22FN7O2. The number of hydrogen-bond donors (Lipinski definition) is 2. The third-order valence-electron chi connectivity index (χ3n) is 6.32. The fourth-order valence-electron chi connectivity index (χ4n) is 4.54. The topological polar surface area (TPSA) is 138 Å². The molecule has 0 radical (unpaired) electrons. The van der Waals surface area contributed by atoms with Crippen LogP contribution in [0.5, 0.6) is 0 Å². The Kier molecular flexibility index (Phi) is 6.19. The molecule has 1 amide bonds. The van der Waals surface area contributed by atoms with Crippen LogP contribution in [0, 0.1) is 17.1 Å². The number of ketones is 1. The number of nitrogen functional groups attached to an aromatic ring is 1. The third kappa shape index (κ3) is 4.43. The molecular weight excluding hydrogens is 473 g/mol. The Morgan fingerprint density at radius 2 is 2.00 bits per heavy atom. The van der Waals surface area contributed by atoms with Gasteiger partial charge in [-0.05, 0) is 30.7 Å². The zero-order valence-corrected chi connectivity index (χ0v) is 19.9. The Labute approximate surface area is 211 Å². The molecule has 2 aromatic carbocycles. The molecule has 3 N–H and O–H groups in total. The number of nitriles is 1. The lowest BCUT2D eigenvalue weighted by molar-refractivity contribution is -0.116. The largest absolute Gasteiger partial charge is 0.382 e. The number of rotatable bonds is 5. The number of carbonyl (C=O) groups is 2. The maximum atomic E-state index is 14.4. The Morgan fingerprint density at radius 3 is 2.70 bits per heavy atom. The number of nitrogens with zero attached hydrogens (tertiary/aromatic N) is 5. The zero-order chi connectivity index (χ0) is 26.1. The molecule has 3 heterocycles. The standard InChI is InChI=1S/C27H22FN7O2/c1-15(33-26-20(12-29)25(30)31-14-32-26)24-22(16-5-3-2-4-6-16)23(27(37)35-10-9-18(36)13-35)19-11-17(28)7-8-21(19)34-24/h2-8,11,14-15H,9-10,13H2,1H3,(H3,30,31,32,33). The summed E-state index contributed by atoms with van der Waals surface area (Å²) in [5.74, 6) is -0.652. The molecule has 10 heteroatoms. The first-order valence-electron chi connectivity index (χ1n) is 11.6. The van der Waals surface area contributed by atoms with Crippen molar-refractivity contribution in [1.82, 2.24) is 19.9 Å². The van der Waals surface area contributed by atoms with Gasteiger partial charge in [-0.25, -0.2) is 19.3 Å². The number of nitrogens with one attached hydrogen (secondary N) is 1. The first kappa shape index (κ1) is 23.8. The van der Waals surface area contributed by atoms with E-state index < -0.39 is 11.9 Å². The van der Waals surface area contributed by atoms with Gasteiger partial charge < -0.3 is 16.0 Å². The summed E-state index contributed by atoms with van der Waals surface area (Å²) in [6, 6.07) is 14.7. The third-order valence-corrected chi connectivity index (χ3v) is 6.32. The number of hydrogen-bond acceptors (Lipinski definition) is 8. The molecule has 5 rings (SSSR count). The van der Waals surface area contributed by atoms with Gasteiger partial charge in [0, 0.05) is 23.9 Å². The highest BCUT2D eigenvalue weighted by atomic mass is 19.1. The highest BCUT2D eigenvalue weighted by Gasteiger charge is 2.31. The second-order valence-electron chi connectivity index (χ2n) is 8.75. The van der Waals surface area contributed by atoms with Crippen LogP contribution in [0.2, 0.25) is 0 Å². The van der Waals surface area contributed by atoms with Crippen molar-refractivity contribution in [3.05, 3.63) is 77.5 Å². The second kappa shape index (κ2) is 9.62. The van der Waals surface area contributed by atoms with Crippen LogP contribution in [0.1, 0.15) is 41.0 Å². The Hall–Kier alpha value is -4.91.